The molecule has 7 nitrogen and oxygen atoms in total. The number of carbonyl (C=O) groups is 1. The van der Waals surface area contributed by atoms with Crippen molar-refractivity contribution in [2.24, 2.45) is 7.05 Å². The third-order valence-electron chi connectivity index (χ3n) is 4.59. The molecule has 0 atom stereocenters. The third-order valence-corrected chi connectivity index (χ3v) is 6.91. The molecule has 1 aromatic carbocycles. The summed E-state index contributed by atoms with van der Waals surface area (Å²) < 4.78 is 28.8. The first kappa shape index (κ1) is 20.1. The summed E-state index contributed by atoms with van der Waals surface area (Å²) >= 11 is 12.0. The summed E-state index contributed by atoms with van der Waals surface area (Å²) in [5.74, 6) is 0.391. The van der Waals surface area contributed by atoms with Gasteiger partial charge in [0, 0.05) is 44.4 Å². The highest BCUT2D eigenvalue weighted by Gasteiger charge is 2.30. The number of amides is 1. The van der Waals surface area contributed by atoms with E-state index in [9.17, 15) is 13.2 Å². The molecule has 0 bridgehead atoms. The van der Waals surface area contributed by atoms with Gasteiger partial charge in [0.05, 0.1) is 10.6 Å². The molecule has 1 saturated heterocycles. The molecule has 0 spiro atoms. The van der Waals surface area contributed by atoms with Gasteiger partial charge in [-0.3, -0.25) is 4.79 Å². The van der Waals surface area contributed by atoms with E-state index in [0.717, 1.165) is 0 Å². The molecular weight excluding hydrogens is 411 g/mol. The topological polar surface area (TPSA) is 75.5 Å². The first-order chi connectivity index (χ1) is 12.7. The van der Waals surface area contributed by atoms with Crippen molar-refractivity contribution < 1.29 is 13.2 Å². The van der Waals surface area contributed by atoms with Gasteiger partial charge >= 0.3 is 0 Å². The maximum Gasteiger partial charge on any atom is 0.262 e. The number of aryl methyl sites for hydroxylation is 2. The van der Waals surface area contributed by atoms with Crippen molar-refractivity contribution in [3.8, 4) is 0 Å². The van der Waals surface area contributed by atoms with Crippen molar-refractivity contribution in [3.63, 3.8) is 0 Å². The van der Waals surface area contributed by atoms with E-state index in [1.807, 2.05) is 0 Å². The zero-order valence-corrected chi connectivity index (χ0v) is 17.4. The van der Waals surface area contributed by atoms with Crippen LogP contribution in [0.5, 0.6) is 0 Å². The molecule has 3 rings (SSSR count). The lowest BCUT2D eigenvalue weighted by Crippen LogP contribution is -2.37. The molecule has 2 heterocycles. The molecule has 0 saturated carbocycles. The molecule has 1 aliphatic heterocycles. The first-order valence-electron chi connectivity index (χ1n) is 8.44. The number of carbonyl (C=O) groups excluding carboxylic acids is 1. The van der Waals surface area contributed by atoms with Gasteiger partial charge in [-0.25, -0.2) is 13.4 Å². The Morgan fingerprint density at radius 1 is 1.15 bits per heavy atom. The Kier molecular flexibility index (Phi) is 5.81. The summed E-state index contributed by atoms with van der Waals surface area (Å²) in [4.78, 5) is 18.5. The standard InChI is InChI=1S/C17H20Cl2N4O3S/c1-12-20-16(11-21(12)2)27(25,26)23-7-3-6-22(8-9-23)17(24)14-5-4-13(18)10-15(14)19/h4-5,10-11H,3,6-9H2,1-2H3. The maximum atomic E-state index is 12.9. The van der Waals surface area contributed by atoms with E-state index in [4.69, 9.17) is 23.2 Å². The average molecular weight is 431 g/mol. The van der Waals surface area contributed by atoms with Gasteiger partial charge < -0.3 is 9.47 Å². The molecule has 27 heavy (non-hydrogen) atoms. The molecule has 1 fully saturated rings. The summed E-state index contributed by atoms with van der Waals surface area (Å²) in [7, 11) is -1.94. The Hall–Kier alpha value is -1.61. The number of hydrogen-bond acceptors (Lipinski definition) is 4. The SMILES string of the molecule is Cc1nc(S(=O)(=O)N2CCCN(C(=O)c3ccc(Cl)cc3Cl)CC2)cn1C. The predicted octanol–water partition coefficient (Wildman–Crippen LogP) is 2.57. The number of halogens is 2. The van der Waals surface area contributed by atoms with E-state index >= 15 is 0 Å². The number of hydrogen-bond donors (Lipinski definition) is 0. The minimum atomic E-state index is -3.69. The van der Waals surface area contributed by atoms with E-state index in [2.05, 4.69) is 4.98 Å². The van der Waals surface area contributed by atoms with Crippen LogP contribution in [0, 0.1) is 6.92 Å². The lowest BCUT2D eigenvalue weighted by Gasteiger charge is -2.22. The number of imidazole rings is 1. The van der Waals surface area contributed by atoms with Crippen LogP contribution in [0.3, 0.4) is 0 Å². The van der Waals surface area contributed by atoms with E-state index < -0.39 is 10.0 Å². The molecule has 1 amide bonds. The number of aromatic nitrogens is 2. The normalized spacial score (nSPS) is 16.4. The molecule has 0 unspecified atom stereocenters. The Morgan fingerprint density at radius 2 is 1.89 bits per heavy atom. The molecule has 0 radical (unpaired) electrons. The van der Waals surface area contributed by atoms with Crippen LogP contribution in [0.25, 0.3) is 0 Å². The Bertz CT molecular complexity index is 955. The van der Waals surface area contributed by atoms with Crippen LogP contribution in [0.2, 0.25) is 10.0 Å². The fourth-order valence-corrected chi connectivity index (χ4v) is 4.94. The maximum absolute atomic E-state index is 12.9. The average Bonchev–Trinajstić information content (AvgIpc) is 2.82. The van der Waals surface area contributed by atoms with E-state index in [1.54, 1.807) is 35.6 Å². The molecule has 146 valence electrons. The zero-order valence-electron chi connectivity index (χ0n) is 15.0. The number of sulfonamides is 1. The molecule has 1 aromatic heterocycles. The second-order valence-corrected chi connectivity index (χ2v) is 9.14. The lowest BCUT2D eigenvalue weighted by molar-refractivity contribution is 0.0764. The largest absolute Gasteiger partial charge is 0.337 e. The highest BCUT2D eigenvalue weighted by Crippen LogP contribution is 2.23. The van der Waals surface area contributed by atoms with Gasteiger partial charge in [-0.15, -0.1) is 0 Å². The van der Waals surface area contributed by atoms with Crippen LogP contribution < -0.4 is 0 Å². The minimum Gasteiger partial charge on any atom is -0.337 e. The van der Waals surface area contributed by atoms with Crippen molar-refractivity contribution in [1.29, 1.82) is 0 Å². The van der Waals surface area contributed by atoms with Crippen LogP contribution in [-0.4, -0.2) is 59.3 Å². The van der Waals surface area contributed by atoms with Crippen LogP contribution >= 0.6 is 23.2 Å². The van der Waals surface area contributed by atoms with Gasteiger partial charge in [0.25, 0.3) is 15.9 Å². The van der Waals surface area contributed by atoms with Crippen LogP contribution in [0.1, 0.15) is 22.6 Å². The van der Waals surface area contributed by atoms with E-state index in [0.29, 0.717) is 35.9 Å². The van der Waals surface area contributed by atoms with Crippen molar-refractivity contribution in [1.82, 2.24) is 18.8 Å². The number of rotatable bonds is 3. The molecule has 10 heteroatoms. The summed E-state index contributed by atoms with van der Waals surface area (Å²) in [5.41, 5.74) is 0.359. The fraction of sp³-hybridized carbons (Fsp3) is 0.412. The number of benzene rings is 1. The van der Waals surface area contributed by atoms with Gasteiger partial charge in [0.1, 0.15) is 5.82 Å². The Balaban J connectivity index is 1.76. The second-order valence-electron chi connectivity index (χ2n) is 6.41. The van der Waals surface area contributed by atoms with Gasteiger partial charge in [0.15, 0.2) is 5.03 Å². The lowest BCUT2D eigenvalue weighted by atomic mass is 10.2. The summed E-state index contributed by atoms with van der Waals surface area (Å²) in [6.45, 7) is 3.01. The van der Waals surface area contributed by atoms with Crippen molar-refractivity contribution in [2.45, 2.75) is 18.4 Å². The minimum absolute atomic E-state index is 0.0306. The fourth-order valence-electron chi connectivity index (χ4n) is 2.95. The number of nitrogens with zero attached hydrogens (tertiary/aromatic N) is 4. The van der Waals surface area contributed by atoms with Crippen LogP contribution in [0.4, 0.5) is 0 Å². The monoisotopic (exact) mass is 430 g/mol. The molecule has 1 aliphatic rings. The molecule has 0 N–H and O–H groups in total. The van der Waals surface area contributed by atoms with E-state index in [-0.39, 0.29) is 29.0 Å². The first-order valence-corrected chi connectivity index (χ1v) is 10.6. The summed E-state index contributed by atoms with van der Waals surface area (Å²) in [6.07, 6.45) is 2.04. The van der Waals surface area contributed by atoms with Gasteiger partial charge in [-0.2, -0.15) is 4.31 Å². The van der Waals surface area contributed by atoms with Gasteiger partial charge in [-0.1, -0.05) is 23.2 Å². The molecule has 0 aliphatic carbocycles. The Labute approximate surface area is 168 Å². The zero-order chi connectivity index (χ0) is 19.8. The van der Waals surface area contributed by atoms with Gasteiger partial charge in [0.2, 0.25) is 0 Å². The Morgan fingerprint density at radius 3 is 2.52 bits per heavy atom. The summed E-state index contributed by atoms with van der Waals surface area (Å²) in [6, 6.07) is 4.72. The predicted molar refractivity (Wildman–Crippen MR) is 104 cm³/mol. The third kappa shape index (κ3) is 4.13. The van der Waals surface area contributed by atoms with Crippen molar-refractivity contribution >= 4 is 39.1 Å². The summed E-state index contributed by atoms with van der Waals surface area (Å²) in [5, 5.41) is 0.767. The van der Waals surface area contributed by atoms with E-state index in [1.165, 1.54) is 16.6 Å². The quantitative estimate of drug-likeness (QED) is 0.749. The van der Waals surface area contributed by atoms with Crippen LogP contribution in [0.15, 0.2) is 29.4 Å². The second kappa shape index (κ2) is 7.79. The highest BCUT2D eigenvalue weighted by molar-refractivity contribution is 7.89. The van der Waals surface area contributed by atoms with Gasteiger partial charge in [-0.05, 0) is 31.5 Å². The molecular formula is C17H20Cl2N4O3S. The van der Waals surface area contributed by atoms with Crippen molar-refractivity contribution in [2.75, 3.05) is 26.2 Å². The molecule has 2 aromatic rings. The smallest absolute Gasteiger partial charge is 0.262 e. The van der Waals surface area contributed by atoms with Crippen LogP contribution in [-0.2, 0) is 17.1 Å². The highest BCUT2D eigenvalue weighted by atomic mass is 35.5. The van der Waals surface area contributed by atoms with Crippen molar-refractivity contribution in [3.05, 3.63) is 45.8 Å².